The van der Waals surface area contributed by atoms with Gasteiger partial charge >= 0.3 is 0 Å². The number of carbonyl (C=O) groups excluding carboxylic acids is 1. The smallest absolute Gasteiger partial charge is 0.231 e. The van der Waals surface area contributed by atoms with Gasteiger partial charge in [0.2, 0.25) is 12.7 Å². The fraction of sp³-hybridized carbons (Fsp3) is 0.650. The van der Waals surface area contributed by atoms with E-state index in [1.807, 2.05) is 6.07 Å². The lowest BCUT2D eigenvalue weighted by Gasteiger charge is -2.51. The predicted molar refractivity (Wildman–Crippen MR) is 91.6 cm³/mol. The van der Waals surface area contributed by atoms with Gasteiger partial charge in [-0.25, -0.2) is 0 Å². The number of hydrogen-bond donors (Lipinski definition) is 0. The Hall–Kier alpha value is -1.75. The molecule has 4 saturated heterocycles. The third kappa shape index (κ3) is 2.08. The maximum atomic E-state index is 13.0. The van der Waals surface area contributed by atoms with Crippen LogP contribution in [0.25, 0.3) is 0 Å². The largest absolute Gasteiger partial charge is 0.454 e. The second-order valence-electron chi connectivity index (χ2n) is 8.34. The van der Waals surface area contributed by atoms with E-state index in [4.69, 9.17) is 9.47 Å². The quantitative estimate of drug-likeness (QED) is 0.828. The number of likely N-dealkylation sites (tertiary alicyclic amines) is 1. The molecule has 5 heterocycles. The van der Waals surface area contributed by atoms with Crippen LogP contribution in [0.3, 0.4) is 0 Å². The molecule has 1 aliphatic carbocycles. The van der Waals surface area contributed by atoms with Gasteiger partial charge < -0.3 is 14.4 Å². The first-order chi connectivity index (χ1) is 12.3. The van der Waals surface area contributed by atoms with Gasteiger partial charge in [-0.1, -0.05) is 6.07 Å². The van der Waals surface area contributed by atoms with Crippen LogP contribution in [0.2, 0.25) is 0 Å². The number of hydrogen-bond acceptors (Lipinski definition) is 4. The number of piperidine rings is 3. The Morgan fingerprint density at radius 2 is 1.80 bits per heavy atom. The second kappa shape index (κ2) is 5.13. The van der Waals surface area contributed by atoms with Crippen molar-refractivity contribution in [1.82, 2.24) is 9.80 Å². The molecule has 5 heteroatoms. The summed E-state index contributed by atoms with van der Waals surface area (Å²) in [5.74, 6) is 3.52. The van der Waals surface area contributed by atoms with Crippen molar-refractivity contribution in [1.29, 1.82) is 0 Å². The summed E-state index contributed by atoms with van der Waals surface area (Å²) >= 11 is 0. The van der Waals surface area contributed by atoms with Crippen LogP contribution in [0.4, 0.5) is 0 Å². The van der Waals surface area contributed by atoms with E-state index in [0.717, 1.165) is 30.9 Å². The van der Waals surface area contributed by atoms with Crippen molar-refractivity contribution in [3.8, 4) is 11.5 Å². The molecule has 1 aromatic carbocycles. The summed E-state index contributed by atoms with van der Waals surface area (Å²) in [7, 11) is 0. The van der Waals surface area contributed by atoms with E-state index in [-0.39, 0.29) is 0 Å². The van der Waals surface area contributed by atoms with Gasteiger partial charge in [-0.2, -0.15) is 0 Å². The summed E-state index contributed by atoms with van der Waals surface area (Å²) < 4.78 is 11.1. The lowest BCUT2D eigenvalue weighted by Crippen LogP contribution is -2.60. The third-order valence-electron chi connectivity index (χ3n) is 7.03. The molecule has 0 unspecified atom stereocenters. The molecule has 132 valence electrons. The molecule has 0 N–H and O–H groups in total. The first-order valence-electron chi connectivity index (χ1n) is 9.74. The van der Waals surface area contributed by atoms with Gasteiger partial charge in [-0.05, 0) is 62.4 Å². The molecular formula is C20H24N2O3. The van der Waals surface area contributed by atoms with Crippen LogP contribution < -0.4 is 9.47 Å². The maximum Gasteiger partial charge on any atom is 0.231 e. The zero-order valence-electron chi connectivity index (χ0n) is 14.4. The molecule has 0 spiro atoms. The Bertz CT molecular complexity index is 724. The fourth-order valence-electron chi connectivity index (χ4n) is 5.67. The van der Waals surface area contributed by atoms with Crippen molar-refractivity contribution in [2.24, 2.45) is 11.8 Å². The van der Waals surface area contributed by atoms with Gasteiger partial charge in [0.05, 0.1) is 6.04 Å². The number of benzene rings is 1. The second-order valence-corrected chi connectivity index (χ2v) is 8.34. The number of nitrogens with zero attached hydrogens (tertiary/aromatic N) is 2. The Morgan fingerprint density at radius 3 is 2.60 bits per heavy atom. The van der Waals surface area contributed by atoms with Crippen molar-refractivity contribution in [2.45, 2.75) is 43.7 Å². The zero-order chi connectivity index (χ0) is 16.5. The Kier molecular flexibility index (Phi) is 2.96. The van der Waals surface area contributed by atoms with Crippen molar-refractivity contribution < 1.29 is 14.3 Å². The lowest BCUT2D eigenvalue weighted by molar-refractivity contribution is -0.137. The first kappa shape index (κ1) is 14.4. The average Bonchev–Trinajstić information content (AvgIpc) is 3.25. The van der Waals surface area contributed by atoms with Gasteiger partial charge in [0.25, 0.3) is 0 Å². The highest BCUT2D eigenvalue weighted by Crippen LogP contribution is 2.49. The first-order valence-corrected chi connectivity index (χ1v) is 9.74. The molecule has 5 nitrogen and oxygen atoms in total. The Balaban J connectivity index is 1.38. The van der Waals surface area contributed by atoms with E-state index < -0.39 is 0 Å². The van der Waals surface area contributed by atoms with Crippen LogP contribution in [0.15, 0.2) is 18.2 Å². The number of rotatable bonds is 2. The molecule has 0 aromatic heterocycles. The van der Waals surface area contributed by atoms with E-state index in [0.29, 0.717) is 42.5 Å². The SMILES string of the molecule is O=C(C1CC1)N1C[C@@H](c2ccc3c(c2)OCO3)[C@@H]2[C@H]1C1CCN2CC1. The molecule has 5 fully saturated rings. The maximum absolute atomic E-state index is 13.0. The van der Waals surface area contributed by atoms with Gasteiger partial charge in [-0.3, -0.25) is 9.69 Å². The van der Waals surface area contributed by atoms with Gasteiger partial charge in [-0.15, -0.1) is 0 Å². The average molecular weight is 340 g/mol. The Morgan fingerprint density at radius 1 is 1.00 bits per heavy atom. The molecule has 1 amide bonds. The lowest BCUT2D eigenvalue weighted by atomic mass is 9.75. The zero-order valence-corrected chi connectivity index (χ0v) is 14.4. The molecule has 5 aliphatic heterocycles. The summed E-state index contributed by atoms with van der Waals surface area (Å²) in [4.78, 5) is 17.9. The molecule has 25 heavy (non-hydrogen) atoms. The highest BCUT2D eigenvalue weighted by atomic mass is 16.7. The minimum absolute atomic E-state index is 0.312. The fourth-order valence-corrected chi connectivity index (χ4v) is 5.67. The van der Waals surface area contributed by atoms with Crippen LogP contribution in [0.1, 0.15) is 37.2 Å². The molecule has 0 radical (unpaired) electrons. The summed E-state index contributed by atoms with van der Waals surface area (Å²) in [6.45, 7) is 3.57. The molecule has 1 saturated carbocycles. The number of fused-ring (bicyclic) bond motifs is 3. The minimum atomic E-state index is 0.312. The van der Waals surface area contributed by atoms with E-state index in [1.165, 1.54) is 31.5 Å². The van der Waals surface area contributed by atoms with E-state index >= 15 is 0 Å². The normalized spacial score (nSPS) is 38.1. The highest BCUT2D eigenvalue weighted by Gasteiger charge is 2.55. The highest BCUT2D eigenvalue weighted by molar-refractivity contribution is 5.82. The van der Waals surface area contributed by atoms with Gasteiger partial charge in [0.15, 0.2) is 11.5 Å². The van der Waals surface area contributed by atoms with Gasteiger partial charge in [0.1, 0.15) is 0 Å². The van der Waals surface area contributed by atoms with Crippen LogP contribution in [0, 0.1) is 11.8 Å². The van der Waals surface area contributed by atoms with Crippen LogP contribution in [-0.4, -0.2) is 54.2 Å². The monoisotopic (exact) mass is 340 g/mol. The van der Waals surface area contributed by atoms with Crippen LogP contribution in [0.5, 0.6) is 11.5 Å². The predicted octanol–water partition coefficient (Wildman–Crippen LogP) is 2.21. The summed E-state index contributed by atoms with van der Waals surface area (Å²) in [5.41, 5.74) is 1.30. The number of ether oxygens (including phenoxy) is 2. The molecule has 2 bridgehead atoms. The minimum Gasteiger partial charge on any atom is -0.454 e. The van der Waals surface area contributed by atoms with E-state index in [2.05, 4.69) is 21.9 Å². The van der Waals surface area contributed by atoms with Crippen molar-refractivity contribution in [3.63, 3.8) is 0 Å². The molecule has 6 aliphatic rings. The van der Waals surface area contributed by atoms with Crippen molar-refractivity contribution >= 4 is 5.91 Å². The van der Waals surface area contributed by atoms with Crippen molar-refractivity contribution in [2.75, 3.05) is 26.4 Å². The Labute approximate surface area is 147 Å². The molecular weight excluding hydrogens is 316 g/mol. The van der Waals surface area contributed by atoms with Crippen molar-refractivity contribution in [3.05, 3.63) is 23.8 Å². The van der Waals surface area contributed by atoms with E-state index in [9.17, 15) is 4.79 Å². The van der Waals surface area contributed by atoms with Gasteiger partial charge in [0, 0.05) is 24.4 Å². The standard InChI is InChI=1S/C20H24N2O3/c23-20(13-1-2-13)22-10-15(14-3-4-16-17(9-14)25-11-24-16)19-18(22)12-5-7-21(19)8-6-12/h3-4,9,12-13,15,18-19H,1-2,5-8,10-11H2/t15-,18+,19+/m0/s1. The third-order valence-corrected chi connectivity index (χ3v) is 7.03. The summed E-state index contributed by atoms with van der Waals surface area (Å²) in [6.07, 6.45) is 4.69. The topological polar surface area (TPSA) is 42.0 Å². The molecule has 3 atom stereocenters. The molecule has 7 rings (SSSR count). The summed E-state index contributed by atoms with van der Waals surface area (Å²) in [5, 5.41) is 0. The summed E-state index contributed by atoms with van der Waals surface area (Å²) in [6, 6.07) is 7.28. The number of carbonyl (C=O) groups is 1. The van der Waals surface area contributed by atoms with Crippen LogP contribution >= 0.6 is 0 Å². The number of amides is 1. The van der Waals surface area contributed by atoms with Crippen LogP contribution in [-0.2, 0) is 4.79 Å². The molecule has 1 aromatic rings. The van der Waals surface area contributed by atoms with E-state index in [1.54, 1.807) is 0 Å².